The number of hydrogen-bond acceptors (Lipinski definition) is 9. The molecule has 35 heavy (non-hydrogen) atoms. The highest BCUT2D eigenvalue weighted by Crippen LogP contribution is 2.42. The van der Waals surface area contributed by atoms with Crippen molar-refractivity contribution in [2.45, 2.75) is 12.5 Å². The Morgan fingerprint density at radius 3 is 2.51 bits per heavy atom. The number of ether oxygens (including phenoxy) is 6. The second-order valence-electron chi connectivity index (χ2n) is 8.01. The number of rotatable bonds is 10. The number of nitrogens with zero attached hydrogens (tertiary/aromatic N) is 1. The first-order chi connectivity index (χ1) is 16.9. The molecule has 2 N–H and O–H groups in total. The molecule has 2 aliphatic rings. The van der Waals surface area contributed by atoms with Gasteiger partial charge in [-0.3, -0.25) is 9.59 Å². The fraction of sp³-hybridized carbons (Fsp3) is 0.417. The lowest BCUT2D eigenvalue weighted by Crippen LogP contribution is -2.39. The van der Waals surface area contributed by atoms with Crippen LogP contribution in [0, 0.1) is 5.92 Å². The van der Waals surface area contributed by atoms with Gasteiger partial charge in [-0.2, -0.15) is 0 Å². The number of amides is 2. The van der Waals surface area contributed by atoms with Gasteiger partial charge in [0.1, 0.15) is 18.5 Å². The molecule has 0 saturated carbocycles. The van der Waals surface area contributed by atoms with Crippen molar-refractivity contribution in [3.8, 4) is 34.5 Å². The van der Waals surface area contributed by atoms with E-state index in [1.807, 2.05) is 0 Å². The summed E-state index contributed by atoms with van der Waals surface area (Å²) < 4.78 is 32.1. The predicted octanol–water partition coefficient (Wildman–Crippen LogP) is 1.35. The van der Waals surface area contributed by atoms with Crippen molar-refractivity contribution in [1.29, 1.82) is 0 Å². The van der Waals surface area contributed by atoms with E-state index in [0.717, 1.165) is 0 Å². The Labute approximate surface area is 202 Å². The number of carbonyl (C=O) groups excluding carboxylic acids is 2. The number of carbonyl (C=O) groups is 2. The zero-order valence-corrected chi connectivity index (χ0v) is 19.7. The van der Waals surface area contributed by atoms with Crippen molar-refractivity contribution >= 4 is 17.5 Å². The first-order valence-electron chi connectivity index (χ1n) is 11.0. The largest absolute Gasteiger partial charge is 0.493 e. The SMILES string of the molecule is COc1cc(N2CC(C(=O)NCC(O)COc3ccc4c(c3)OCO4)CC2=O)cc(OC)c1OC. The van der Waals surface area contributed by atoms with Crippen LogP contribution >= 0.6 is 0 Å². The van der Waals surface area contributed by atoms with Crippen LogP contribution in [0.3, 0.4) is 0 Å². The summed E-state index contributed by atoms with van der Waals surface area (Å²) in [5.41, 5.74) is 0.539. The maximum absolute atomic E-state index is 12.7. The number of aliphatic hydroxyl groups is 1. The predicted molar refractivity (Wildman–Crippen MR) is 124 cm³/mol. The number of hydrogen-bond donors (Lipinski definition) is 2. The fourth-order valence-corrected chi connectivity index (χ4v) is 3.94. The molecule has 1 saturated heterocycles. The van der Waals surface area contributed by atoms with Crippen LogP contribution in [0.5, 0.6) is 34.5 Å². The molecule has 0 bridgehead atoms. The molecule has 2 aromatic carbocycles. The van der Waals surface area contributed by atoms with E-state index in [4.69, 9.17) is 28.4 Å². The molecule has 2 aromatic rings. The number of anilines is 1. The molecule has 11 heteroatoms. The van der Waals surface area contributed by atoms with E-state index in [0.29, 0.717) is 40.2 Å². The van der Waals surface area contributed by atoms with E-state index in [1.54, 1.807) is 30.3 Å². The number of nitrogens with one attached hydrogen (secondary N) is 1. The number of fused-ring (bicyclic) bond motifs is 1. The van der Waals surface area contributed by atoms with Gasteiger partial charge < -0.3 is 43.7 Å². The molecule has 2 amide bonds. The van der Waals surface area contributed by atoms with Gasteiger partial charge in [-0.25, -0.2) is 0 Å². The molecule has 0 spiro atoms. The fourth-order valence-electron chi connectivity index (χ4n) is 3.94. The standard InChI is InChI=1S/C24H28N2O9/c1-30-20-7-15(8-21(31-2)23(20)32-3)26-11-14(6-22(26)28)24(29)25-10-16(27)12-33-17-4-5-18-19(9-17)35-13-34-18/h4-5,7-9,14,16,27H,6,10-13H2,1-3H3,(H,25,29). The summed E-state index contributed by atoms with van der Waals surface area (Å²) in [7, 11) is 4.48. The maximum Gasteiger partial charge on any atom is 0.231 e. The summed E-state index contributed by atoms with van der Waals surface area (Å²) in [4.78, 5) is 26.9. The van der Waals surface area contributed by atoms with Gasteiger partial charge in [0.15, 0.2) is 23.0 Å². The number of methoxy groups -OCH3 is 3. The van der Waals surface area contributed by atoms with E-state index < -0.39 is 12.0 Å². The van der Waals surface area contributed by atoms with Gasteiger partial charge in [-0.1, -0.05) is 0 Å². The zero-order chi connectivity index (χ0) is 24.9. The Bertz CT molecular complexity index is 1070. The zero-order valence-electron chi connectivity index (χ0n) is 19.7. The highest BCUT2D eigenvalue weighted by atomic mass is 16.7. The Kier molecular flexibility index (Phi) is 7.35. The lowest BCUT2D eigenvalue weighted by Gasteiger charge is -2.20. The molecule has 0 radical (unpaired) electrons. The molecule has 2 unspecified atom stereocenters. The Morgan fingerprint density at radius 2 is 1.83 bits per heavy atom. The second-order valence-corrected chi connectivity index (χ2v) is 8.01. The lowest BCUT2D eigenvalue weighted by molar-refractivity contribution is -0.126. The Balaban J connectivity index is 1.30. The minimum atomic E-state index is -0.937. The average molecular weight is 488 g/mol. The quantitative estimate of drug-likeness (QED) is 0.510. The van der Waals surface area contributed by atoms with Gasteiger partial charge in [0.25, 0.3) is 0 Å². The third-order valence-corrected chi connectivity index (χ3v) is 5.76. The summed E-state index contributed by atoms with van der Waals surface area (Å²) in [5, 5.41) is 12.9. The molecule has 0 aliphatic carbocycles. The monoisotopic (exact) mass is 488 g/mol. The van der Waals surface area contributed by atoms with E-state index in [9.17, 15) is 14.7 Å². The van der Waals surface area contributed by atoms with Gasteiger partial charge >= 0.3 is 0 Å². The normalized spacial score (nSPS) is 17.2. The summed E-state index contributed by atoms with van der Waals surface area (Å²) in [6.07, 6.45) is -0.889. The van der Waals surface area contributed by atoms with E-state index in [1.165, 1.54) is 26.2 Å². The molecule has 2 heterocycles. The second kappa shape index (κ2) is 10.6. The van der Waals surface area contributed by atoms with Gasteiger partial charge in [0.05, 0.1) is 32.9 Å². The van der Waals surface area contributed by atoms with Crippen LogP contribution in [0.2, 0.25) is 0 Å². The average Bonchev–Trinajstić information content (AvgIpc) is 3.51. The Hall–Kier alpha value is -3.86. The number of aliphatic hydroxyl groups excluding tert-OH is 1. The van der Waals surface area contributed by atoms with Crippen molar-refractivity contribution < 1.29 is 43.1 Å². The van der Waals surface area contributed by atoms with Crippen LogP contribution in [0.25, 0.3) is 0 Å². The molecule has 11 nitrogen and oxygen atoms in total. The van der Waals surface area contributed by atoms with Crippen molar-refractivity contribution in [3.63, 3.8) is 0 Å². The van der Waals surface area contributed by atoms with Gasteiger partial charge in [-0.05, 0) is 12.1 Å². The van der Waals surface area contributed by atoms with Crippen LogP contribution in [0.15, 0.2) is 30.3 Å². The van der Waals surface area contributed by atoms with Crippen molar-refractivity contribution in [1.82, 2.24) is 5.32 Å². The van der Waals surface area contributed by atoms with Crippen LogP contribution < -0.4 is 38.6 Å². The third-order valence-electron chi connectivity index (χ3n) is 5.76. The van der Waals surface area contributed by atoms with Crippen LogP contribution in [0.1, 0.15) is 6.42 Å². The highest BCUT2D eigenvalue weighted by Gasteiger charge is 2.36. The molecule has 2 atom stereocenters. The minimum absolute atomic E-state index is 0.0156. The van der Waals surface area contributed by atoms with Crippen molar-refractivity contribution in [2.75, 3.05) is 52.7 Å². The number of benzene rings is 2. The van der Waals surface area contributed by atoms with E-state index >= 15 is 0 Å². The van der Waals surface area contributed by atoms with Gasteiger partial charge in [-0.15, -0.1) is 0 Å². The van der Waals surface area contributed by atoms with Gasteiger partial charge in [0.2, 0.25) is 24.4 Å². The molecule has 2 aliphatic heterocycles. The molecular weight excluding hydrogens is 460 g/mol. The smallest absolute Gasteiger partial charge is 0.231 e. The van der Waals surface area contributed by atoms with E-state index in [-0.39, 0.29) is 44.7 Å². The summed E-state index contributed by atoms with van der Waals surface area (Å²) >= 11 is 0. The third kappa shape index (κ3) is 5.29. The van der Waals surface area contributed by atoms with Crippen LogP contribution in [-0.2, 0) is 9.59 Å². The van der Waals surface area contributed by atoms with Crippen LogP contribution in [-0.4, -0.2) is 70.8 Å². The maximum atomic E-state index is 12.7. The first-order valence-corrected chi connectivity index (χ1v) is 11.0. The molecule has 188 valence electrons. The topological polar surface area (TPSA) is 125 Å². The highest BCUT2D eigenvalue weighted by molar-refractivity contribution is 6.00. The van der Waals surface area contributed by atoms with E-state index in [2.05, 4.69) is 5.32 Å². The molecule has 0 aromatic heterocycles. The van der Waals surface area contributed by atoms with Crippen molar-refractivity contribution in [3.05, 3.63) is 30.3 Å². The first kappa shape index (κ1) is 24.3. The molecular formula is C24H28N2O9. The lowest BCUT2D eigenvalue weighted by atomic mass is 10.1. The summed E-state index contributed by atoms with van der Waals surface area (Å²) in [5.74, 6) is 1.87. The molecule has 1 fully saturated rings. The summed E-state index contributed by atoms with van der Waals surface area (Å²) in [6.45, 7) is 0.306. The summed E-state index contributed by atoms with van der Waals surface area (Å²) in [6, 6.07) is 8.44. The Morgan fingerprint density at radius 1 is 1.11 bits per heavy atom. The van der Waals surface area contributed by atoms with Crippen LogP contribution in [0.4, 0.5) is 5.69 Å². The van der Waals surface area contributed by atoms with Crippen molar-refractivity contribution in [2.24, 2.45) is 5.92 Å². The minimum Gasteiger partial charge on any atom is -0.493 e. The van der Waals surface area contributed by atoms with Gasteiger partial charge in [0, 0.05) is 37.7 Å². The molecule has 4 rings (SSSR count).